The zero-order chi connectivity index (χ0) is 58.5. The largest absolute Gasteiger partial charge is 0.462 e. The SMILES string of the molecule is CC/C=C\C/C=C\C/C=C\C/C=C\C/C=C\C/C=C\CCCCCCCCC(=O)OCC(COC(=O)CCCCCC/C=C\C/C=C\C/C=C\C/C=C\CC)OC(=O)CCCCCCCCCC/C=C\C/C=C\C/C=C\C/C=C\CC. The maximum atomic E-state index is 12.9. The van der Waals surface area contributed by atoms with Gasteiger partial charge in [-0.25, -0.2) is 0 Å². The van der Waals surface area contributed by atoms with E-state index in [0.29, 0.717) is 19.3 Å². The Morgan fingerprint density at radius 1 is 0.247 bits per heavy atom. The molecule has 0 saturated carbocycles. The van der Waals surface area contributed by atoms with Gasteiger partial charge < -0.3 is 14.2 Å². The predicted molar refractivity (Wildman–Crippen MR) is 352 cm³/mol. The Kier molecular flexibility index (Phi) is 62.9. The van der Waals surface area contributed by atoms with Crippen LogP contribution in [0, 0.1) is 0 Å². The Bertz CT molecular complexity index is 1860. The number of ether oxygens (including phenoxy) is 3. The van der Waals surface area contributed by atoms with Gasteiger partial charge in [0, 0.05) is 19.3 Å². The number of hydrogen-bond acceptors (Lipinski definition) is 6. The van der Waals surface area contributed by atoms with Gasteiger partial charge in [-0.05, 0) is 148 Å². The zero-order valence-electron chi connectivity index (χ0n) is 52.0. The molecule has 0 aromatic rings. The van der Waals surface area contributed by atoms with Gasteiger partial charge in [0.05, 0.1) is 0 Å². The number of carbonyl (C=O) groups excluding carboxylic acids is 3. The van der Waals surface area contributed by atoms with E-state index in [9.17, 15) is 14.4 Å². The summed E-state index contributed by atoms with van der Waals surface area (Å²) in [5, 5.41) is 0. The molecule has 0 rings (SSSR count). The van der Waals surface area contributed by atoms with Crippen LogP contribution in [0.4, 0.5) is 0 Å². The van der Waals surface area contributed by atoms with E-state index in [1.165, 1.54) is 44.9 Å². The summed E-state index contributed by atoms with van der Waals surface area (Å²) in [7, 11) is 0. The summed E-state index contributed by atoms with van der Waals surface area (Å²) in [5.41, 5.74) is 0. The molecule has 0 amide bonds. The van der Waals surface area contributed by atoms with Crippen LogP contribution in [0.15, 0.2) is 170 Å². The van der Waals surface area contributed by atoms with Gasteiger partial charge in [0.2, 0.25) is 0 Å². The second-order valence-electron chi connectivity index (χ2n) is 20.9. The van der Waals surface area contributed by atoms with E-state index in [1.807, 2.05) is 0 Å². The fourth-order valence-electron chi connectivity index (χ4n) is 8.43. The van der Waals surface area contributed by atoms with Crippen molar-refractivity contribution in [3.63, 3.8) is 0 Å². The van der Waals surface area contributed by atoms with Crippen LogP contribution in [0.3, 0.4) is 0 Å². The van der Waals surface area contributed by atoms with Crippen molar-refractivity contribution in [2.75, 3.05) is 13.2 Å². The third-order valence-corrected chi connectivity index (χ3v) is 13.2. The van der Waals surface area contributed by atoms with Crippen LogP contribution >= 0.6 is 0 Å². The minimum atomic E-state index is -0.811. The lowest BCUT2D eigenvalue weighted by atomic mass is 10.1. The molecule has 0 saturated heterocycles. The Morgan fingerprint density at radius 2 is 0.444 bits per heavy atom. The molecule has 454 valence electrons. The van der Waals surface area contributed by atoms with Crippen LogP contribution in [0.5, 0.6) is 0 Å². The highest BCUT2D eigenvalue weighted by molar-refractivity contribution is 5.71. The fraction of sp³-hybridized carbons (Fsp3) is 0.587. The maximum Gasteiger partial charge on any atom is 0.306 e. The number of unbranched alkanes of at least 4 members (excludes halogenated alkanes) is 18. The van der Waals surface area contributed by atoms with E-state index in [4.69, 9.17) is 14.2 Å². The van der Waals surface area contributed by atoms with Gasteiger partial charge in [-0.1, -0.05) is 268 Å². The minimum Gasteiger partial charge on any atom is -0.462 e. The molecule has 0 spiro atoms. The smallest absolute Gasteiger partial charge is 0.306 e. The van der Waals surface area contributed by atoms with Crippen molar-refractivity contribution in [3.8, 4) is 0 Å². The maximum absolute atomic E-state index is 12.9. The Hall–Kier alpha value is -5.23. The molecular formula is C75H118O6. The molecule has 1 atom stereocenters. The lowest BCUT2D eigenvalue weighted by Gasteiger charge is -2.18. The van der Waals surface area contributed by atoms with Crippen molar-refractivity contribution in [3.05, 3.63) is 170 Å². The molecule has 6 nitrogen and oxygen atoms in total. The highest BCUT2D eigenvalue weighted by Crippen LogP contribution is 2.14. The Morgan fingerprint density at radius 3 is 0.691 bits per heavy atom. The zero-order valence-corrected chi connectivity index (χ0v) is 52.0. The number of allylic oxidation sites excluding steroid dienone is 28. The number of esters is 3. The van der Waals surface area contributed by atoms with Gasteiger partial charge in [0.25, 0.3) is 0 Å². The highest BCUT2D eigenvalue weighted by atomic mass is 16.6. The Labute approximate surface area is 498 Å². The van der Waals surface area contributed by atoms with Gasteiger partial charge >= 0.3 is 17.9 Å². The molecule has 0 heterocycles. The molecule has 81 heavy (non-hydrogen) atoms. The summed E-state index contributed by atoms with van der Waals surface area (Å²) < 4.78 is 16.9. The molecule has 6 heteroatoms. The summed E-state index contributed by atoms with van der Waals surface area (Å²) in [6.07, 6.45) is 99.2. The van der Waals surface area contributed by atoms with Gasteiger partial charge in [0.15, 0.2) is 6.10 Å². The van der Waals surface area contributed by atoms with E-state index >= 15 is 0 Å². The fourth-order valence-corrected chi connectivity index (χ4v) is 8.43. The van der Waals surface area contributed by atoms with E-state index < -0.39 is 6.10 Å². The first kappa shape index (κ1) is 75.8. The van der Waals surface area contributed by atoms with Crippen LogP contribution in [0.25, 0.3) is 0 Å². The van der Waals surface area contributed by atoms with E-state index in [0.717, 1.165) is 180 Å². The van der Waals surface area contributed by atoms with Gasteiger partial charge in [-0.2, -0.15) is 0 Å². The second-order valence-corrected chi connectivity index (χ2v) is 20.9. The van der Waals surface area contributed by atoms with Crippen LogP contribution in [0.2, 0.25) is 0 Å². The van der Waals surface area contributed by atoms with Crippen molar-refractivity contribution in [2.45, 2.75) is 271 Å². The number of carbonyl (C=O) groups is 3. The minimum absolute atomic E-state index is 0.105. The van der Waals surface area contributed by atoms with Crippen molar-refractivity contribution in [1.82, 2.24) is 0 Å². The first-order chi connectivity index (χ1) is 40.0. The van der Waals surface area contributed by atoms with Crippen LogP contribution < -0.4 is 0 Å². The summed E-state index contributed by atoms with van der Waals surface area (Å²) in [5.74, 6) is -0.953. The second kappa shape index (κ2) is 67.3. The van der Waals surface area contributed by atoms with Crippen molar-refractivity contribution in [2.24, 2.45) is 0 Å². The van der Waals surface area contributed by atoms with Gasteiger partial charge in [-0.15, -0.1) is 0 Å². The molecule has 0 aliphatic carbocycles. The van der Waals surface area contributed by atoms with Crippen LogP contribution in [-0.4, -0.2) is 37.2 Å². The summed E-state index contributed by atoms with van der Waals surface area (Å²) in [6, 6.07) is 0. The number of rotatable bonds is 57. The van der Waals surface area contributed by atoms with E-state index in [1.54, 1.807) is 0 Å². The third kappa shape index (κ3) is 65.5. The molecule has 0 aromatic carbocycles. The quantitative estimate of drug-likeness (QED) is 0.0261. The summed E-state index contributed by atoms with van der Waals surface area (Å²) in [4.78, 5) is 38.4. The van der Waals surface area contributed by atoms with Crippen LogP contribution in [-0.2, 0) is 28.6 Å². The highest BCUT2D eigenvalue weighted by Gasteiger charge is 2.19. The monoisotopic (exact) mass is 1110 g/mol. The standard InChI is InChI=1S/C75H118O6/c1-4-7-10-13-16-19-22-25-28-31-33-35-36-37-38-40-41-44-47-50-53-56-59-62-65-68-74(77)80-71-72(70-79-73(76)67-64-61-58-55-52-49-46-43-30-27-24-21-18-15-12-9-6-3)81-75(78)69-66-63-60-57-54-51-48-45-42-39-34-32-29-26-23-20-17-14-11-8-5-2/h7-12,16-21,25-30,33-35,37-39,41,44,46,49,72H,4-6,13-15,22-24,31-32,36,40,42-43,45,47-48,50-71H2,1-3H3/b10-7-,11-8-,12-9-,19-16-,20-17-,21-18-,28-25-,29-26-,30-27-,35-33-,38-37-,39-34-,44-41-,49-46-. The summed E-state index contributed by atoms with van der Waals surface area (Å²) in [6.45, 7) is 6.26. The lowest BCUT2D eigenvalue weighted by molar-refractivity contribution is -0.167. The van der Waals surface area contributed by atoms with E-state index in [2.05, 4.69) is 191 Å². The molecular weight excluding hydrogens is 997 g/mol. The van der Waals surface area contributed by atoms with Gasteiger partial charge in [-0.3, -0.25) is 14.4 Å². The Balaban J connectivity index is 4.49. The molecule has 0 radical (unpaired) electrons. The molecule has 0 aromatic heterocycles. The average Bonchev–Trinajstić information content (AvgIpc) is 3.47. The molecule has 0 bridgehead atoms. The molecule has 0 aliphatic heterocycles. The number of hydrogen-bond donors (Lipinski definition) is 0. The van der Waals surface area contributed by atoms with Crippen molar-refractivity contribution >= 4 is 17.9 Å². The normalized spacial score (nSPS) is 13.3. The van der Waals surface area contributed by atoms with Crippen molar-refractivity contribution < 1.29 is 28.6 Å². The first-order valence-corrected chi connectivity index (χ1v) is 32.6. The molecule has 0 fully saturated rings. The van der Waals surface area contributed by atoms with Crippen molar-refractivity contribution in [1.29, 1.82) is 0 Å². The third-order valence-electron chi connectivity index (χ3n) is 13.2. The predicted octanol–water partition coefficient (Wildman–Crippen LogP) is 22.7. The van der Waals surface area contributed by atoms with Crippen LogP contribution in [0.1, 0.15) is 265 Å². The molecule has 0 aliphatic rings. The lowest BCUT2D eigenvalue weighted by Crippen LogP contribution is -2.30. The first-order valence-electron chi connectivity index (χ1n) is 32.6. The summed E-state index contributed by atoms with van der Waals surface area (Å²) >= 11 is 0. The topological polar surface area (TPSA) is 78.9 Å². The van der Waals surface area contributed by atoms with Gasteiger partial charge in [0.1, 0.15) is 13.2 Å². The molecule has 1 unspecified atom stereocenters. The average molecular weight is 1120 g/mol. The van der Waals surface area contributed by atoms with E-state index in [-0.39, 0.29) is 31.1 Å². The molecule has 0 N–H and O–H groups in total.